The standard InChI is InChI=1S/C15H13FO/c1-17-15-5-3-2-4-13(15)9-6-12-7-10-14(16)11-8-12/h2-11H,1H3/b9-6+. The Kier molecular flexibility index (Phi) is 3.55. The first-order chi connectivity index (χ1) is 8.29. The molecule has 17 heavy (non-hydrogen) atoms. The van der Waals surface area contributed by atoms with Crippen molar-refractivity contribution in [3.05, 3.63) is 65.5 Å². The largest absolute Gasteiger partial charge is 0.496 e. The average molecular weight is 228 g/mol. The normalized spacial score (nSPS) is 10.7. The van der Waals surface area contributed by atoms with E-state index in [0.717, 1.165) is 16.9 Å². The number of ether oxygens (including phenoxy) is 1. The lowest BCUT2D eigenvalue weighted by atomic mass is 10.1. The fraction of sp³-hybridized carbons (Fsp3) is 0.0667. The van der Waals surface area contributed by atoms with E-state index in [9.17, 15) is 4.39 Å². The molecule has 2 rings (SSSR count). The van der Waals surface area contributed by atoms with Crippen LogP contribution in [0.25, 0.3) is 12.2 Å². The molecule has 0 unspecified atom stereocenters. The van der Waals surface area contributed by atoms with Crippen LogP contribution in [0.5, 0.6) is 5.75 Å². The predicted molar refractivity (Wildman–Crippen MR) is 68.3 cm³/mol. The van der Waals surface area contributed by atoms with E-state index in [1.807, 2.05) is 36.4 Å². The summed E-state index contributed by atoms with van der Waals surface area (Å²) in [5.41, 5.74) is 1.96. The number of benzene rings is 2. The third-order valence-corrected chi connectivity index (χ3v) is 2.46. The van der Waals surface area contributed by atoms with Crippen molar-refractivity contribution in [1.82, 2.24) is 0 Å². The van der Waals surface area contributed by atoms with Crippen molar-refractivity contribution in [2.75, 3.05) is 7.11 Å². The summed E-state index contributed by atoms with van der Waals surface area (Å²) in [5, 5.41) is 0. The van der Waals surface area contributed by atoms with E-state index in [4.69, 9.17) is 4.74 Å². The van der Waals surface area contributed by atoms with Crippen LogP contribution in [0.15, 0.2) is 48.5 Å². The van der Waals surface area contributed by atoms with Crippen molar-refractivity contribution in [3.63, 3.8) is 0 Å². The van der Waals surface area contributed by atoms with Crippen LogP contribution in [-0.4, -0.2) is 7.11 Å². The second kappa shape index (κ2) is 5.30. The van der Waals surface area contributed by atoms with Gasteiger partial charge in [-0.2, -0.15) is 0 Å². The Labute approximate surface area is 100 Å². The predicted octanol–water partition coefficient (Wildman–Crippen LogP) is 4.00. The molecule has 0 saturated carbocycles. The summed E-state index contributed by atoms with van der Waals surface area (Å²) in [6, 6.07) is 14.1. The molecule has 0 saturated heterocycles. The molecule has 0 bridgehead atoms. The van der Waals surface area contributed by atoms with Gasteiger partial charge in [-0.05, 0) is 23.8 Å². The summed E-state index contributed by atoms with van der Waals surface area (Å²) in [6.07, 6.45) is 3.88. The van der Waals surface area contributed by atoms with Gasteiger partial charge in [-0.1, -0.05) is 42.5 Å². The van der Waals surface area contributed by atoms with Gasteiger partial charge in [0.05, 0.1) is 7.11 Å². The molecule has 86 valence electrons. The summed E-state index contributed by atoms with van der Waals surface area (Å²) < 4.78 is 18.0. The molecule has 0 heterocycles. The number of rotatable bonds is 3. The molecular formula is C15H13FO. The summed E-state index contributed by atoms with van der Waals surface area (Å²) >= 11 is 0. The molecule has 0 aliphatic heterocycles. The number of halogens is 1. The Hall–Kier alpha value is -2.09. The highest BCUT2D eigenvalue weighted by Gasteiger charge is 1.96. The Morgan fingerprint density at radius 1 is 0.941 bits per heavy atom. The number of para-hydroxylation sites is 1. The molecule has 0 aromatic heterocycles. The van der Waals surface area contributed by atoms with Gasteiger partial charge in [0.25, 0.3) is 0 Å². The van der Waals surface area contributed by atoms with E-state index in [-0.39, 0.29) is 5.82 Å². The maximum absolute atomic E-state index is 12.7. The van der Waals surface area contributed by atoms with Crippen LogP contribution in [-0.2, 0) is 0 Å². The van der Waals surface area contributed by atoms with Crippen LogP contribution < -0.4 is 4.74 Å². The molecule has 0 fully saturated rings. The minimum absolute atomic E-state index is 0.223. The summed E-state index contributed by atoms with van der Waals surface area (Å²) in [6.45, 7) is 0. The molecule has 2 heteroatoms. The van der Waals surface area contributed by atoms with Gasteiger partial charge in [-0.15, -0.1) is 0 Å². The van der Waals surface area contributed by atoms with E-state index in [1.165, 1.54) is 12.1 Å². The first-order valence-corrected chi connectivity index (χ1v) is 5.36. The van der Waals surface area contributed by atoms with Gasteiger partial charge in [0.2, 0.25) is 0 Å². The second-order valence-electron chi connectivity index (χ2n) is 3.63. The zero-order chi connectivity index (χ0) is 12.1. The summed E-state index contributed by atoms with van der Waals surface area (Å²) in [4.78, 5) is 0. The molecule has 1 nitrogen and oxygen atoms in total. The van der Waals surface area contributed by atoms with E-state index >= 15 is 0 Å². The molecule has 0 amide bonds. The third-order valence-electron chi connectivity index (χ3n) is 2.46. The fourth-order valence-electron chi connectivity index (χ4n) is 1.56. The Balaban J connectivity index is 2.22. The fourth-order valence-corrected chi connectivity index (χ4v) is 1.56. The Morgan fingerprint density at radius 3 is 2.35 bits per heavy atom. The molecule has 0 atom stereocenters. The highest BCUT2D eigenvalue weighted by Crippen LogP contribution is 2.19. The lowest BCUT2D eigenvalue weighted by molar-refractivity contribution is 0.414. The molecule has 0 aliphatic carbocycles. The molecule has 2 aromatic carbocycles. The van der Waals surface area contributed by atoms with Crippen LogP contribution in [0, 0.1) is 5.82 Å². The molecule has 0 N–H and O–H groups in total. The second-order valence-corrected chi connectivity index (χ2v) is 3.63. The van der Waals surface area contributed by atoms with E-state index in [2.05, 4.69) is 0 Å². The number of hydrogen-bond acceptors (Lipinski definition) is 1. The third kappa shape index (κ3) is 2.94. The Morgan fingerprint density at radius 2 is 1.65 bits per heavy atom. The van der Waals surface area contributed by atoms with Crippen molar-refractivity contribution in [1.29, 1.82) is 0 Å². The first kappa shape index (κ1) is 11.4. The average Bonchev–Trinajstić information content (AvgIpc) is 2.38. The van der Waals surface area contributed by atoms with Crippen LogP contribution in [0.3, 0.4) is 0 Å². The van der Waals surface area contributed by atoms with Gasteiger partial charge in [-0.3, -0.25) is 0 Å². The molecule has 0 radical (unpaired) electrons. The van der Waals surface area contributed by atoms with Crippen molar-refractivity contribution in [2.24, 2.45) is 0 Å². The quantitative estimate of drug-likeness (QED) is 0.721. The first-order valence-electron chi connectivity index (χ1n) is 5.36. The molecule has 2 aromatic rings. The number of methoxy groups -OCH3 is 1. The smallest absolute Gasteiger partial charge is 0.126 e. The zero-order valence-corrected chi connectivity index (χ0v) is 9.56. The van der Waals surface area contributed by atoms with Crippen LogP contribution in [0.1, 0.15) is 11.1 Å². The van der Waals surface area contributed by atoms with Crippen molar-refractivity contribution >= 4 is 12.2 Å². The monoisotopic (exact) mass is 228 g/mol. The SMILES string of the molecule is COc1ccccc1/C=C/c1ccc(F)cc1. The van der Waals surface area contributed by atoms with Gasteiger partial charge in [0.1, 0.15) is 11.6 Å². The Bertz CT molecular complexity index is 515. The minimum atomic E-state index is -0.223. The van der Waals surface area contributed by atoms with E-state index in [0.29, 0.717) is 0 Å². The van der Waals surface area contributed by atoms with Crippen LogP contribution in [0.2, 0.25) is 0 Å². The summed E-state index contributed by atoms with van der Waals surface area (Å²) in [7, 11) is 1.64. The van der Waals surface area contributed by atoms with E-state index in [1.54, 1.807) is 19.2 Å². The van der Waals surface area contributed by atoms with Crippen LogP contribution in [0.4, 0.5) is 4.39 Å². The highest BCUT2D eigenvalue weighted by atomic mass is 19.1. The minimum Gasteiger partial charge on any atom is -0.496 e. The van der Waals surface area contributed by atoms with Crippen molar-refractivity contribution in [2.45, 2.75) is 0 Å². The topological polar surface area (TPSA) is 9.23 Å². The van der Waals surface area contributed by atoms with E-state index < -0.39 is 0 Å². The number of hydrogen-bond donors (Lipinski definition) is 0. The molecule has 0 spiro atoms. The zero-order valence-electron chi connectivity index (χ0n) is 9.56. The van der Waals surface area contributed by atoms with Crippen molar-refractivity contribution in [3.8, 4) is 5.75 Å². The van der Waals surface area contributed by atoms with Crippen molar-refractivity contribution < 1.29 is 9.13 Å². The lowest BCUT2D eigenvalue weighted by Crippen LogP contribution is -1.85. The maximum Gasteiger partial charge on any atom is 0.126 e. The highest BCUT2D eigenvalue weighted by molar-refractivity contribution is 5.72. The van der Waals surface area contributed by atoms with Gasteiger partial charge in [-0.25, -0.2) is 4.39 Å². The molecule has 0 aliphatic rings. The van der Waals surface area contributed by atoms with Gasteiger partial charge in [0.15, 0.2) is 0 Å². The van der Waals surface area contributed by atoms with Crippen LogP contribution >= 0.6 is 0 Å². The maximum atomic E-state index is 12.7. The van der Waals surface area contributed by atoms with Gasteiger partial charge >= 0.3 is 0 Å². The van der Waals surface area contributed by atoms with Gasteiger partial charge in [0, 0.05) is 5.56 Å². The lowest BCUT2D eigenvalue weighted by Gasteiger charge is -2.03. The summed E-state index contributed by atoms with van der Waals surface area (Å²) in [5.74, 6) is 0.602. The molecular weight excluding hydrogens is 215 g/mol. The van der Waals surface area contributed by atoms with Gasteiger partial charge < -0.3 is 4.74 Å².